The molecule has 9 heteroatoms. The maximum atomic E-state index is 12.4. The van der Waals surface area contributed by atoms with Crippen molar-refractivity contribution < 1.29 is 22.7 Å². The summed E-state index contributed by atoms with van der Waals surface area (Å²) in [5.41, 5.74) is 0.803. The Morgan fingerprint density at radius 2 is 1.79 bits per heavy atom. The van der Waals surface area contributed by atoms with Gasteiger partial charge in [-0.15, -0.1) is 11.3 Å². The van der Waals surface area contributed by atoms with Crippen LogP contribution >= 0.6 is 11.3 Å². The van der Waals surface area contributed by atoms with Crippen LogP contribution < -0.4 is 19.5 Å². The molecule has 1 amide bonds. The summed E-state index contributed by atoms with van der Waals surface area (Å²) in [6.45, 7) is 0.640. The highest BCUT2D eigenvalue weighted by Gasteiger charge is 2.21. The number of hydrogen-bond donors (Lipinski definition) is 2. The van der Waals surface area contributed by atoms with E-state index in [0.717, 1.165) is 11.3 Å². The largest absolute Gasteiger partial charge is 0.486 e. The summed E-state index contributed by atoms with van der Waals surface area (Å²) in [5.74, 6) is 1.07. The van der Waals surface area contributed by atoms with Crippen molar-refractivity contribution in [3.05, 3.63) is 71.6 Å². The Labute approximate surface area is 172 Å². The molecule has 0 spiro atoms. The third kappa shape index (κ3) is 4.52. The molecule has 7 nitrogen and oxygen atoms in total. The van der Waals surface area contributed by atoms with Gasteiger partial charge in [0.15, 0.2) is 11.5 Å². The van der Waals surface area contributed by atoms with Gasteiger partial charge in [-0.05, 0) is 47.8 Å². The molecule has 2 heterocycles. The van der Waals surface area contributed by atoms with Crippen molar-refractivity contribution in [2.75, 3.05) is 17.9 Å². The zero-order valence-corrected chi connectivity index (χ0v) is 16.8. The summed E-state index contributed by atoms with van der Waals surface area (Å²) in [5, 5.41) is 4.50. The van der Waals surface area contributed by atoms with Gasteiger partial charge in [0.2, 0.25) is 0 Å². The molecule has 0 saturated carbocycles. The SMILES string of the molecule is O=C(NC[C@H]1COc2ccccc2O1)c1ccc(NS(=O)(=O)c2cccs2)cc1. The molecule has 0 radical (unpaired) electrons. The lowest BCUT2D eigenvalue weighted by molar-refractivity contribution is 0.0789. The van der Waals surface area contributed by atoms with E-state index >= 15 is 0 Å². The minimum Gasteiger partial charge on any atom is -0.486 e. The van der Waals surface area contributed by atoms with Crippen LogP contribution in [0.2, 0.25) is 0 Å². The topological polar surface area (TPSA) is 93.7 Å². The van der Waals surface area contributed by atoms with Crippen molar-refractivity contribution >= 4 is 33.0 Å². The van der Waals surface area contributed by atoms with E-state index in [1.807, 2.05) is 24.3 Å². The summed E-state index contributed by atoms with van der Waals surface area (Å²) in [6, 6.07) is 16.8. The molecule has 2 N–H and O–H groups in total. The van der Waals surface area contributed by atoms with E-state index in [0.29, 0.717) is 35.9 Å². The Kier molecular flexibility index (Phi) is 5.41. The van der Waals surface area contributed by atoms with Crippen LogP contribution in [-0.4, -0.2) is 33.6 Å². The molecule has 0 aliphatic carbocycles. The first-order valence-corrected chi connectivity index (χ1v) is 11.2. The van der Waals surface area contributed by atoms with Crippen molar-refractivity contribution in [1.82, 2.24) is 5.32 Å². The van der Waals surface area contributed by atoms with Crippen LogP contribution in [0.5, 0.6) is 11.5 Å². The second-order valence-electron chi connectivity index (χ2n) is 6.32. The number of carbonyl (C=O) groups is 1. The molecule has 1 aliphatic heterocycles. The first kappa shape index (κ1) is 19.3. The average molecular weight is 431 g/mol. The Morgan fingerprint density at radius 3 is 2.52 bits per heavy atom. The lowest BCUT2D eigenvalue weighted by atomic mass is 10.2. The van der Waals surface area contributed by atoms with E-state index in [2.05, 4.69) is 10.0 Å². The zero-order valence-electron chi connectivity index (χ0n) is 15.2. The van der Waals surface area contributed by atoms with Gasteiger partial charge in [0.25, 0.3) is 15.9 Å². The van der Waals surface area contributed by atoms with Gasteiger partial charge < -0.3 is 14.8 Å². The molecule has 4 rings (SSSR count). The second-order valence-corrected chi connectivity index (χ2v) is 9.18. The first-order chi connectivity index (χ1) is 14.0. The number of hydrogen-bond acceptors (Lipinski definition) is 6. The number of nitrogens with one attached hydrogen (secondary N) is 2. The van der Waals surface area contributed by atoms with Crippen molar-refractivity contribution in [3.8, 4) is 11.5 Å². The van der Waals surface area contributed by atoms with E-state index < -0.39 is 10.0 Å². The number of para-hydroxylation sites is 2. The number of rotatable bonds is 6. The maximum absolute atomic E-state index is 12.4. The molecule has 150 valence electrons. The van der Waals surface area contributed by atoms with Crippen molar-refractivity contribution in [3.63, 3.8) is 0 Å². The quantitative estimate of drug-likeness (QED) is 0.627. The van der Waals surface area contributed by atoms with Crippen LogP contribution in [0.15, 0.2) is 70.3 Å². The van der Waals surface area contributed by atoms with Gasteiger partial charge in [-0.2, -0.15) is 0 Å². The molecule has 3 aromatic rings. The molecule has 1 atom stereocenters. The highest BCUT2D eigenvalue weighted by molar-refractivity contribution is 7.94. The number of carbonyl (C=O) groups excluding carboxylic acids is 1. The van der Waals surface area contributed by atoms with Crippen LogP contribution in [0.4, 0.5) is 5.69 Å². The number of thiophene rings is 1. The van der Waals surface area contributed by atoms with Crippen LogP contribution in [0.25, 0.3) is 0 Å². The molecule has 2 aromatic carbocycles. The summed E-state index contributed by atoms with van der Waals surface area (Å²) in [6.07, 6.45) is -0.286. The molecular formula is C20H18N2O5S2. The van der Waals surface area contributed by atoms with Gasteiger partial charge in [-0.3, -0.25) is 9.52 Å². The molecule has 1 aromatic heterocycles. The Balaban J connectivity index is 1.33. The van der Waals surface area contributed by atoms with E-state index in [4.69, 9.17) is 9.47 Å². The highest BCUT2D eigenvalue weighted by Crippen LogP contribution is 2.30. The maximum Gasteiger partial charge on any atom is 0.271 e. The number of sulfonamides is 1. The minimum absolute atomic E-state index is 0.232. The summed E-state index contributed by atoms with van der Waals surface area (Å²) >= 11 is 1.14. The normalized spacial score (nSPS) is 15.5. The first-order valence-electron chi connectivity index (χ1n) is 8.84. The molecule has 0 saturated heterocycles. The fourth-order valence-electron chi connectivity index (χ4n) is 2.78. The molecule has 1 aliphatic rings. The minimum atomic E-state index is -3.61. The van der Waals surface area contributed by atoms with Gasteiger partial charge in [-0.25, -0.2) is 8.42 Å². The third-order valence-corrected chi connectivity index (χ3v) is 7.00. The molecule has 29 heavy (non-hydrogen) atoms. The monoisotopic (exact) mass is 430 g/mol. The lowest BCUT2D eigenvalue weighted by Gasteiger charge is -2.26. The van der Waals surface area contributed by atoms with Gasteiger partial charge in [0.1, 0.15) is 16.9 Å². The van der Waals surface area contributed by atoms with Crippen molar-refractivity contribution in [2.45, 2.75) is 10.3 Å². The van der Waals surface area contributed by atoms with Gasteiger partial charge >= 0.3 is 0 Å². The number of amides is 1. The zero-order chi connectivity index (χ0) is 20.3. The van der Waals surface area contributed by atoms with Crippen molar-refractivity contribution in [1.29, 1.82) is 0 Å². The molecule has 0 bridgehead atoms. The van der Waals surface area contributed by atoms with Crippen LogP contribution in [0.3, 0.4) is 0 Å². The standard InChI is InChI=1S/C20H18N2O5S2/c23-20(21-12-16-13-26-17-4-1-2-5-18(17)27-16)14-7-9-15(10-8-14)22-29(24,25)19-6-3-11-28-19/h1-11,16,22H,12-13H2,(H,21,23)/t16-/m0/s1. The van der Waals surface area contributed by atoms with E-state index in [1.165, 1.54) is 6.07 Å². The Bertz CT molecular complexity index is 1100. The fraction of sp³-hybridized carbons (Fsp3) is 0.150. The number of anilines is 1. The van der Waals surface area contributed by atoms with Crippen molar-refractivity contribution in [2.24, 2.45) is 0 Å². The van der Waals surface area contributed by atoms with Crippen LogP contribution in [0, 0.1) is 0 Å². The number of fused-ring (bicyclic) bond motifs is 1. The Morgan fingerprint density at radius 1 is 1.03 bits per heavy atom. The predicted octanol–water partition coefficient (Wildman–Crippen LogP) is 3.12. The highest BCUT2D eigenvalue weighted by atomic mass is 32.2. The predicted molar refractivity (Wildman–Crippen MR) is 110 cm³/mol. The Hall–Kier alpha value is -3.04. The summed E-state index contributed by atoms with van der Waals surface area (Å²) < 4.78 is 38.6. The summed E-state index contributed by atoms with van der Waals surface area (Å²) in [7, 11) is -3.61. The molecule has 0 unspecified atom stereocenters. The fourth-order valence-corrected chi connectivity index (χ4v) is 4.84. The number of benzene rings is 2. The molecular weight excluding hydrogens is 412 g/mol. The van der Waals surface area contributed by atoms with Gasteiger partial charge in [0.05, 0.1) is 6.54 Å². The van der Waals surface area contributed by atoms with E-state index in [9.17, 15) is 13.2 Å². The third-order valence-electron chi connectivity index (χ3n) is 4.22. The second kappa shape index (κ2) is 8.14. The smallest absolute Gasteiger partial charge is 0.271 e. The van der Waals surface area contributed by atoms with Crippen LogP contribution in [-0.2, 0) is 10.0 Å². The number of ether oxygens (including phenoxy) is 2. The summed E-state index contributed by atoms with van der Waals surface area (Å²) in [4.78, 5) is 12.4. The average Bonchev–Trinajstić information content (AvgIpc) is 3.28. The van der Waals surface area contributed by atoms with Gasteiger partial charge in [-0.1, -0.05) is 18.2 Å². The van der Waals surface area contributed by atoms with E-state index in [1.54, 1.807) is 35.7 Å². The van der Waals surface area contributed by atoms with Crippen LogP contribution in [0.1, 0.15) is 10.4 Å². The van der Waals surface area contributed by atoms with Gasteiger partial charge in [0, 0.05) is 11.3 Å². The molecule has 0 fully saturated rings. The lowest BCUT2D eigenvalue weighted by Crippen LogP contribution is -2.40. The van der Waals surface area contributed by atoms with E-state index in [-0.39, 0.29) is 16.2 Å².